The Morgan fingerprint density at radius 1 is 1.21 bits per heavy atom. The molecule has 3 rings (SSSR count). The van der Waals surface area contributed by atoms with E-state index in [1.54, 1.807) is 12.3 Å². The summed E-state index contributed by atoms with van der Waals surface area (Å²) in [5.74, 6) is 0.0458. The zero-order valence-corrected chi connectivity index (χ0v) is 10.3. The van der Waals surface area contributed by atoms with Gasteiger partial charge in [-0.25, -0.2) is 0 Å². The first-order chi connectivity index (χ1) is 9.16. The maximum atomic E-state index is 12.2. The van der Waals surface area contributed by atoms with Gasteiger partial charge >= 0.3 is 0 Å². The molecule has 0 atom stereocenters. The summed E-state index contributed by atoms with van der Waals surface area (Å²) in [7, 11) is 0. The van der Waals surface area contributed by atoms with Crippen molar-refractivity contribution in [1.29, 1.82) is 0 Å². The summed E-state index contributed by atoms with van der Waals surface area (Å²) in [6, 6.07) is 9.18. The molecular formula is C15H12N2O2. The Bertz CT molecular complexity index is 822. The molecule has 0 amide bonds. The molecule has 94 valence electrons. The van der Waals surface area contributed by atoms with E-state index in [2.05, 4.69) is 9.97 Å². The van der Waals surface area contributed by atoms with Crippen molar-refractivity contribution in [3.63, 3.8) is 0 Å². The van der Waals surface area contributed by atoms with Crippen LogP contribution < -0.4 is 5.56 Å². The lowest BCUT2D eigenvalue weighted by Crippen LogP contribution is -2.11. The van der Waals surface area contributed by atoms with E-state index in [9.17, 15) is 9.90 Å². The fourth-order valence-electron chi connectivity index (χ4n) is 2.32. The molecule has 0 aliphatic rings. The standard InChI is InChI=1S/C15H12N2O2/c1-9-12-4-2-3-5-13(12)17-15(19)14(9)10-6-11(18)8-16-7-10/h2-8,18H,1H3,(H,17,19). The lowest BCUT2D eigenvalue weighted by Gasteiger charge is -2.08. The zero-order valence-electron chi connectivity index (χ0n) is 10.3. The van der Waals surface area contributed by atoms with Gasteiger partial charge in [0.15, 0.2) is 0 Å². The minimum atomic E-state index is -0.177. The molecule has 0 unspecified atom stereocenters. The second kappa shape index (κ2) is 4.24. The van der Waals surface area contributed by atoms with Gasteiger partial charge < -0.3 is 10.1 Å². The van der Waals surface area contributed by atoms with Gasteiger partial charge in [-0.15, -0.1) is 0 Å². The Morgan fingerprint density at radius 2 is 2.00 bits per heavy atom. The van der Waals surface area contributed by atoms with Crippen molar-refractivity contribution in [3.8, 4) is 16.9 Å². The number of rotatable bonds is 1. The van der Waals surface area contributed by atoms with E-state index in [0.717, 1.165) is 16.5 Å². The average Bonchev–Trinajstić information content (AvgIpc) is 2.39. The number of aromatic amines is 1. The van der Waals surface area contributed by atoms with Gasteiger partial charge in [0, 0.05) is 22.7 Å². The first-order valence-corrected chi connectivity index (χ1v) is 5.93. The van der Waals surface area contributed by atoms with Crippen LogP contribution in [0.4, 0.5) is 0 Å². The summed E-state index contributed by atoms with van der Waals surface area (Å²) in [4.78, 5) is 19.0. The summed E-state index contributed by atoms with van der Waals surface area (Å²) >= 11 is 0. The Balaban J connectivity index is 2.39. The van der Waals surface area contributed by atoms with Crippen LogP contribution in [0.2, 0.25) is 0 Å². The maximum absolute atomic E-state index is 12.2. The number of para-hydroxylation sites is 1. The van der Waals surface area contributed by atoms with Crippen molar-refractivity contribution >= 4 is 10.9 Å². The molecule has 1 aromatic carbocycles. The highest BCUT2D eigenvalue weighted by Crippen LogP contribution is 2.26. The van der Waals surface area contributed by atoms with Crippen LogP contribution in [-0.4, -0.2) is 15.1 Å². The molecule has 0 saturated heterocycles. The highest BCUT2D eigenvalue weighted by Gasteiger charge is 2.11. The zero-order chi connectivity index (χ0) is 13.4. The second-order valence-corrected chi connectivity index (χ2v) is 4.43. The summed E-state index contributed by atoms with van der Waals surface area (Å²) in [5.41, 5.74) is 2.67. The molecule has 2 heterocycles. The van der Waals surface area contributed by atoms with Gasteiger partial charge in [0.25, 0.3) is 5.56 Å². The minimum absolute atomic E-state index is 0.0458. The van der Waals surface area contributed by atoms with Crippen molar-refractivity contribution in [2.45, 2.75) is 6.92 Å². The summed E-state index contributed by atoms with van der Waals surface area (Å²) in [6.07, 6.45) is 2.92. The van der Waals surface area contributed by atoms with Crippen molar-refractivity contribution < 1.29 is 5.11 Å². The van der Waals surface area contributed by atoms with E-state index in [0.29, 0.717) is 11.1 Å². The van der Waals surface area contributed by atoms with E-state index in [1.807, 2.05) is 31.2 Å². The van der Waals surface area contributed by atoms with Gasteiger partial charge in [-0.1, -0.05) is 18.2 Å². The highest BCUT2D eigenvalue weighted by molar-refractivity contribution is 5.88. The van der Waals surface area contributed by atoms with Crippen LogP contribution in [0.1, 0.15) is 5.56 Å². The smallest absolute Gasteiger partial charge is 0.256 e. The van der Waals surface area contributed by atoms with Crippen LogP contribution in [0.3, 0.4) is 0 Å². The largest absolute Gasteiger partial charge is 0.506 e. The van der Waals surface area contributed by atoms with E-state index < -0.39 is 0 Å². The molecule has 0 radical (unpaired) electrons. The minimum Gasteiger partial charge on any atom is -0.506 e. The van der Waals surface area contributed by atoms with Gasteiger partial charge in [0.1, 0.15) is 5.75 Å². The SMILES string of the molecule is Cc1c(-c2cncc(O)c2)c(=O)[nH]c2ccccc12. The lowest BCUT2D eigenvalue weighted by atomic mass is 10.00. The number of aromatic hydroxyl groups is 1. The highest BCUT2D eigenvalue weighted by atomic mass is 16.3. The number of nitrogens with one attached hydrogen (secondary N) is 1. The molecule has 3 aromatic rings. The molecule has 4 heteroatoms. The van der Waals surface area contributed by atoms with E-state index in [-0.39, 0.29) is 11.3 Å². The van der Waals surface area contributed by atoms with E-state index in [4.69, 9.17) is 0 Å². The molecule has 2 aromatic heterocycles. The van der Waals surface area contributed by atoms with Gasteiger partial charge in [0.05, 0.1) is 11.8 Å². The lowest BCUT2D eigenvalue weighted by molar-refractivity contribution is 0.473. The predicted octanol–water partition coefficient (Wildman–Crippen LogP) is 2.60. The molecule has 0 fully saturated rings. The number of hydrogen-bond acceptors (Lipinski definition) is 3. The third-order valence-electron chi connectivity index (χ3n) is 3.19. The number of hydrogen-bond donors (Lipinski definition) is 2. The summed E-state index contributed by atoms with van der Waals surface area (Å²) < 4.78 is 0. The molecule has 0 aliphatic heterocycles. The topological polar surface area (TPSA) is 66.0 Å². The normalized spacial score (nSPS) is 10.8. The third kappa shape index (κ3) is 1.87. The van der Waals surface area contributed by atoms with Gasteiger partial charge in [-0.3, -0.25) is 9.78 Å². The van der Waals surface area contributed by atoms with Crippen molar-refractivity contribution in [2.75, 3.05) is 0 Å². The van der Waals surface area contributed by atoms with Crippen molar-refractivity contribution in [2.24, 2.45) is 0 Å². The average molecular weight is 252 g/mol. The predicted molar refractivity (Wildman–Crippen MR) is 74.2 cm³/mol. The van der Waals surface area contributed by atoms with Crippen LogP contribution in [-0.2, 0) is 0 Å². The van der Waals surface area contributed by atoms with Crippen LogP contribution >= 0.6 is 0 Å². The second-order valence-electron chi connectivity index (χ2n) is 4.43. The molecule has 2 N–H and O–H groups in total. The first kappa shape index (κ1) is 11.5. The number of aromatic nitrogens is 2. The summed E-state index contributed by atoms with van der Waals surface area (Å²) in [6.45, 7) is 1.90. The van der Waals surface area contributed by atoms with Crippen molar-refractivity contribution in [3.05, 3.63) is 58.6 Å². The number of H-pyrrole nitrogens is 1. The van der Waals surface area contributed by atoms with Crippen LogP contribution in [0.5, 0.6) is 5.75 Å². The number of aryl methyl sites for hydroxylation is 1. The molecule has 19 heavy (non-hydrogen) atoms. The van der Waals surface area contributed by atoms with Crippen LogP contribution in [0.15, 0.2) is 47.5 Å². The fraction of sp³-hybridized carbons (Fsp3) is 0.0667. The van der Waals surface area contributed by atoms with Crippen molar-refractivity contribution in [1.82, 2.24) is 9.97 Å². The van der Waals surface area contributed by atoms with Gasteiger partial charge in [0.2, 0.25) is 0 Å². The van der Waals surface area contributed by atoms with Gasteiger partial charge in [-0.2, -0.15) is 0 Å². The van der Waals surface area contributed by atoms with Crippen LogP contribution in [0.25, 0.3) is 22.0 Å². The maximum Gasteiger partial charge on any atom is 0.256 e. The third-order valence-corrected chi connectivity index (χ3v) is 3.19. The Labute approximate surface area is 109 Å². The molecule has 4 nitrogen and oxygen atoms in total. The monoisotopic (exact) mass is 252 g/mol. The number of benzene rings is 1. The number of fused-ring (bicyclic) bond motifs is 1. The molecule has 0 aliphatic carbocycles. The fourth-order valence-corrected chi connectivity index (χ4v) is 2.32. The first-order valence-electron chi connectivity index (χ1n) is 5.93. The van der Waals surface area contributed by atoms with Gasteiger partial charge in [-0.05, 0) is 24.6 Å². The van der Waals surface area contributed by atoms with E-state index in [1.165, 1.54) is 6.20 Å². The Morgan fingerprint density at radius 3 is 2.79 bits per heavy atom. The molecule has 0 bridgehead atoms. The number of pyridine rings is 2. The van der Waals surface area contributed by atoms with E-state index >= 15 is 0 Å². The summed E-state index contributed by atoms with van der Waals surface area (Å²) in [5, 5.41) is 10.5. The molecular weight excluding hydrogens is 240 g/mol. The van der Waals surface area contributed by atoms with Crippen LogP contribution in [0, 0.1) is 6.92 Å². The Kier molecular flexibility index (Phi) is 2.56. The number of nitrogens with zero attached hydrogens (tertiary/aromatic N) is 1. The Hall–Kier alpha value is -2.62. The molecule has 0 spiro atoms. The molecule has 0 saturated carbocycles. The quantitative estimate of drug-likeness (QED) is 0.699.